The van der Waals surface area contributed by atoms with Crippen LogP contribution in [0.2, 0.25) is 0 Å². The van der Waals surface area contributed by atoms with Gasteiger partial charge < -0.3 is 25.6 Å². The van der Waals surface area contributed by atoms with Crippen molar-refractivity contribution in [2.75, 3.05) is 5.73 Å². The summed E-state index contributed by atoms with van der Waals surface area (Å²) in [5, 5.41) is 27.3. The lowest BCUT2D eigenvalue weighted by Gasteiger charge is -2.14. The predicted molar refractivity (Wildman–Crippen MR) is 59.4 cm³/mol. The summed E-state index contributed by atoms with van der Waals surface area (Å²) in [5.41, 5.74) is 6.24. The number of aliphatic hydroxyl groups excluding tert-OH is 2. The number of carbonyl (C=O) groups is 1. The van der Waals surface area contributed by atoms with E-state index in [-0.39, 0.29) is 12.5 Å². The Kier molecular flexibility index (Phi) is 3.08. The number of hydrogen-bond donors (Lipinski definition) is 4. The zero-order valence-corrected chi connectivity index (χ0v) is 9.13. The third-order valence-corrected chi connectivity index (χ3v) is 2.38. The smallest absolute Gasteiger partial charge is 0.335 e. The molecule has 18 heavy (non-hydrogen) atoms. The molecule has 0 saturated heterocycles. The molecule has 0 aromatic carbocycles. The van der Waals surface area contributed by atoms with Crippen molar-refractivity contribution in [3.63, 3.8) is 0 Å². The fourth-order valence-electron chi connectivity index (χ4n) is 1.47. The summed E-state index contributed by atoms with van der Waals surface area (Å²) < 4.78 is 1.39. The molecule has 2 aromatic heterocycles. The third kappa shape index (κ3) is 2.21. The number of nitrogens with two attached hydrogens (primary N) is 1. The molecule has 0 aliphatic rings. The number of nitrogens with zero attached hydrogens (tertiary/aromatic N) is 4. The quantitative estimate of drug-likeness (QED) is 0.499. The molecule has 5 N–H and O–H groups in total. The lowest BCUT2D eigenvalue weighted by Crippen LogP contribution is -2.36. The average molecular weight is 253 g/mol. The molecule has 2 atom stereocenters. The number of nitrogen functional groups attached to an aromatic ring is 1. The molecule has 0 aliphatic carbocycles. The summed E-state index contributed by atoms with van der Waals surface area (Å²) in [7, 11) is 0. The van der Waals surface area contributed by atoms with Crippen LogP contribution in [0.3, 0.4) is 0 Å². The standard InChI is InChI=1S/C9H11N5O4/c10-9-11-1-4-7(13-9)14(3-12-4)2-5(15)6(16)8(17)18/h1,3,5-6,15-16H,2H2,(H,17,18)(H2,10,11,13)/t5-,6-/m1/s1. The summed E-state index contributed by atoms with van der Waals surface area (Å²) in [5.74, 6) is -1.46. The highest BCUT2D eigenvalue weighted by Gasteiger charge is 2.24. The number of carboxylic acid groups (broad SMARTS) is 1. The van der Waals surface area contributed by atoms with Gasteiger partial charge in [-0.2, -0.15) is 4.98 Å². The Morgan fingerprint density at radius 1 is 1.44 bits per heavy atom. The van der Waals surface area contributed by atoms with Crippen LogP contribution in [0, 0.1) is 0 Å². The van der Waals surface area contributed by atoms with Gasteiger partial charge in [0.05, 0.1) is 19.1 Å². The van der Waals surface area contributed by atoms with E-state index in [0.717, 1.165) is 0 Å². The molecule has 0 spiro atoms. The lowest BCUT2D eigenvalue weighted by atomic mass is 10.2. The molecule has 0 aliphatic heterocycles. The maximum absolute atomic E-state index is 10.5. The van der Waals surface area contributed by atoms with Gasteiger partial charge in [-0.3, -0.25) is 0 Å². The van der Waals surface area contributed by atoms with Crippen molar-refractivity contribution in [2.24, 2.45) is 0 Å². The molecular weight excluding hydrogens is 242 g/mol. The van der Waals surface area contributed by atoms with Crippen LogP contribution in [0.25, 0.3) is 11.2 Å². The highest BCUT2D eigenvalue weighted by molar-refractivity contribution is 5.73. The van der Waals surface area contributed by atoms with E-state index < -0.39 is 18.2 Å². The van der Waals surface area contributed by atoms with Crippen LogP contribution >= 0.6 is 0 Å². The summed E-state index contributed by atoms with van der Waals surface area (Å²) in [6.07, 6.45) is -0.581. The van der Waals surface area contributed by atoms with Gasteiger partial charge in [-0.05, 0) is 0 Å². The van der Waals surface area contributed by atoms with Crippen LogP contribution in [0.5, 0.6) is 0 Å². The highest BCUT2D eigenvalue weighted by Crippen LogP contribution is 2.11. The molecule has 0 amide bonds. The topological polar surface area (TPSA) is 147 Å². The average Bonchev–Trinajstić information content (AvgIpc) is 2.70. The Morgan fingerprint density at radius 2 is 2.17 bits per heavy atom. The maximum Gasteiger partial charge on any atom is 0.335 e. The number of imidazole rings is 1. The Morgan fingerprint density at radius 3 is 2.83 bits per heavy atom. The molecule has 0 saturated carbocycles. The minimum atomic E-state index is -1.87. The minimum Gasteiger partial charge on any atom is -0.479 e. The number of aliphatic carboxylic acids is 1. The van der Waals surface area contributed by atoms with E-state index in [1.54, 1.807) is 0 Å². The van der Waals surface area contributed by atoms with Crippen LogP contribution in [0.4, 0.5) is 5.95 Å². The monoisotopic (exact) mass is 253 g/mol. The van der Waals surface area contributed by atoms with Gasteiger partial charge in [-0.15, -0.1) is 0 Å². The molecule has 2 aromatic rings. The van der Waals surface area contributed by atoms with Gasteiger partial charge in [0.2, 0.25) is 5.95 Å². The van der Waals surface area contributed by atoms with E-state index in [0.29, 0.717) is 11.2 Å². The highest BCUT2D eigenvalue weighted by atomic mass is 16.4. The molecular formula is C9H11N5O4. The van der Waals surface area contributed by atoms with E-state index in [9.17, 15) is 15.0 Å². The fraction of sp³-hybridized carbons (Fsp3) is 0.333. The van der Waals surface area contributed by atoms with Gasteiger partial charge in [-0.25, -0.2) is 14.8 Å². The molecule has 9 heteroatoms. The summed E-state index contributed by atoms with van der Waals surface area (Å²) in [4.78, 5) is 22.1. The Balaban J connectivity index is 2.26. The van der Waals surface area contributed by atoms with E-state index in [4.69, 9.17) is 10.8 Å². The number of carboxylic acids is 1. The second kappa shape index (κ2) is 4.55. The zero-order chi connectivity index (χ0) is 13.3. The molecule has 96 valence electrons. The van der Waals surface area contributed by atoms with Crippen LogP contribution in [-0.2, 0) is 11.3 Å². The Bertz CT molecular complexity index is 583. The molecule has 0 unspecified atom stereocenters. The third-order valence-electron chi connectivity index (χ3n) is 2.38. The second-order valence-electron chi connectivity index (χ2n) is 3.68. The van der Waals surface area contributed by atoms with Crippen molar-refractivity contribution in [1.29, 1.82) is 0 Å². The molecule has 0 radical (unpaired) electrons. The predicted octanol–water partition coefficient (Wildman–Crippen LogP) is -1.79. The van der Waals surface area contributed by atoms with E-state index >= 15 is 0 Å². The summed E-state index contributed by atoms with van der Waals surface area (Å²) in [6.45, 7) is -0.166. The number of aliphatic hydroxyl groups is 2. The van der Waals surface area contributed by atoms with E-state index in [2.05, 4.69) is 15.0 Å². The normalized spacial score (nSPS) is 14.6. The number of fused-ring (bicyclic) bond motifs is 1. The van der Waals surface area contributed by atoms with Crippen molar-refractivity contribution in [3.05, 3.63) is 12.5 Å². The number of rotatable bonds is 4. The van der Waals surface area contributed by atoms with Crippen molar-refractivity contribution < 1.29 is 20.1 Å². The first-order chi connectivity index (χ1) is 8.49. The molecule has 0 bridgehead atoms. The zero-order valence-electron chi connectivity index (χ0n) is 9.13. The van der Waals surface area contributed by atoms with Crippen molar-refractivity contribution in [1.82, 2.24) is 19.5 Å². The first kappa shape index (κ1) is 12.2. The van der Waals surface area contributed by atoms with E-state index in [1.165, 1.54) is 17.1 Å². The molecule has 2 heterocycles. The van der Waals surface area contributed by atoms with Gasteiger partial charge in [0, 0.05) is 0 Å². The van der Waals surface area contributed by atoms with Gasteiger partial charge >= 0.3 is 5.97 Å². The number of anilines is 1. The summed E-state index contributed by atoms with van der Waals surface area (Å²) in [6, 6.07) is 0. The minimum absolute atomic E-state index is 0.0394. The Labute approximate surface area is 101 Å². The molecule has 0 fully saturated rings. The second-order valence-corrected chi connectivity index (χ2v) is 3.68. The van der Waals surface area contributed by atoms with Crippen molar-refractivity contribution >= 4 is 23.1 Å². The fourth-order valence-corrected chi connectivity index (χ4v) is 1.47. The largest absolute Gasteiger partial charge is 0.479 e. The SMILES string of the molecule is Nc1ncc2ncn(C[C@@H](O)[C@@H](O)C(=O)O)c2n1. The van der Waals surface area contributed by atoms with Crippen LogP contribution in [-0.4, -0.2) is 53.0 Å². The van der Waals surface area contributed by atoms with Crippen LogP contribution in [0.1, 0.15) is 0 Å². The van der Waals surface area contributed by atoms with Crippen molar-refractivity contribution in [2.45, 2.75) is 18.8 Å². The van der Waals surface area contributed by atoms with Gasteiger partial charge in [-0.1, -0.05) is 0 Å². The van der Waals surface area contributed by atoms with E-state index in [1.807, 2.05) is 0 Å². The van der Waals surface area contributed by atoms with Gasteiger partial charge in [0.25, 0.3) is 0 Å². The lowest BCUT2D eigenvalue weighted by molar-refractivity contribution is -0.153. The number of hydrogen-bond acceptors (Lipinski definition) is 7. The molecule has 9 nitrogen and oxygen atoms in total. The number of aromatic nitrogens is 4. The van der Waals surface area contributed by atoms with Gasteiger partial charge in [0.15, 0.2) is 11.8 Å². The summed E-state index contributed by atoms with van der Waals surface area (Å²) >= 11 is 0. The van der Waals surface area contributed by atoms with Crippen LogP contribution in [0.15, 0.2) is 12.5 Å². The first-order valence-electron chi connectivity index (χ1n) is 5.01. The Hall–Kier alpha value is -2.26. The molecule has 2 rings (SSSR count). The maximum atomic E-state index is 10.5. The van der Waals surface area contributed by atoms with Gasteiger partial charge in [0.1, 0.15) is 11.6 Å². The van der Waals surface area contributed by atoms with Crippen LogP contribution < -0.4 is 5.73 Å². The first-order valence-corrected chi connectivity index (χ1v) is 5.01. The van der Waals surface area contributed by atoms with Crippen molar-refractivity contribution in [3.8, 4) is 0 Å².